The lowest BCUT2D eigenvalue weighted by atomic mass is 10.1. The number of hydrogen-bond donors (Lipinski definition) is 1. The van der Waals surface area contributed by atoms with Gasteiger partial charge in [0.05, 0.1) is 12.6 Å². The Morgan fingerprint density at radius 2 is 2.04 bits per heavy atom. The molecule has 8 nitrogen and oxygen atoms in total. The van der Waals surface area contributed by atoms with Crippen LogP contribution in [0.25, 0.3) is 11.0 Å². The molecule has 4 rings (SSSR count). The van der Waals surface area contributed by atoms with Crippen LogP contribution in [-0.4, -0.2) is 48.2 Å². The second-order valence-electron chi connectivity index (χ2n) is 6.85. The van der Waals surface area contributed by atoms with Crippen LogP contribution < -0.4 is 15.1 Å². The van der Waals surface area contributed by atoms with E-state index in [1.165, 1.54) is 0 Å². The summed E-state index contributed by atoms with van der Waals surface area (Å²) in [5.74, 6) is 1.21. The Hall–Kier alpha value is -3.16. The fraction of sp³-hybridized carbons (Fsp3) is 0.368. The zero-order valence-corrected chi connectivity index (χ0v) is 15.5. The Bertz CT molecular complexity index is 962. The largest absolute Gasteiger partial charge is 0.361 e. The minimum atomic E-state index is -0.185. The Labute approximate surface area is 157 Å². The average Bonchev–Trinajstić information content (AvgIpc) is 3.32. The van der Waals surface area contributed by atoms with Crippen molar-refractivity contribution in [3.8, 4) is 0 Å². The number of hydrogen-bond acceptors (Lipinski definition) is 7. The van der Waals surface area contributed by atoms with Gasteiger partial charge >= 0.3 is 0 Å². The maximum Gasteiger partial charge on any atom is 0.230 e. The van der Waals surface area contributed by atoms with Crippen LogP contribution in [0.4, 0.5) is 17.5 Å². The number of nitrogens with zero attached hydrogens (tertiary/aromatic N) is 5. The van der Waals surface area contributed by atoms with Gasteiger partial charge in [0.2, 0.25) is 11.9 Å². The van der Waals surface area contributed by atoms with Crippen LogP contribution in [0.3, 0.4) is 0 Å². The van der Waals surface area contributed by atoms with E-state index in [2.05, 4.69) is 25.3 Å². The fourth-order valence-corrected chi connectivity index (χ4v) is 3.27. The maximum absolute atomic E-state index is 12.6. The van der Waals surface area contributed by atoms with Crippen molar-refractivity contribution in [3.63, 3.8) is 0 Å². The number of benzene rings is 1. The van der Waals surface area contributed by atoms with Crippen LogP contribution >= 0.6 is 0 Å². The van der Waals surface area contributed by atoms with E-state index in [1.54, 1.807) is 6.20 Å². The summed E-state index contributed by atoms with van der Waals surface area (Å²) in [6.07, 6.45) is 4.11. The van der Waals surface area contributed by atoms with Gasteiger partial charge in [-0.25, -0.2) is 4.98 Å². The van der Waals surface area contributed by atoms with Crippen LogP contribution in [0.1, 0.15) is 18.5 Å². The molecule has 0 radical (unpaired) electrons. The number of fused-ring (bicyclic) bond motifs is 1. The fourth-order valence-electron chi connectivity index (χ4n) is 3.27. The highest BCUT2D eigenvalue weighted by Crippen LogP contribution is 2.26. The van der Waals surface area contributed by atoms with Crippen LogP contribution in [0, 0.1) is 0 Å². The number of aromatic nitrogens is 3. The highest BCUT2D eigenvalue weighted by atomic mass is 16.5. The van der Waals surface area contributed by atoms with E-state index in [9.17, 15) is 4.79 Å². The Kier molecular flexibility index (Phi) is 4.62. The lowest BCUT2D eigenvalue weighted by Crippen LogP contribution is -2.24. The van der Waals surface area contributed by atoms with Crippen molar-refractivity contribution in [1.29, 1.82) is 0 Å². The minimum absolute atomic E-state index is 0.123. The van der Waals surface area contributed by atoms with Crippen LogP contribution in [0.2, 0.25) is 0 Å². The Morgan fingerprint density at radius 3 is 2.81 bits per heavy atom. The SMILES string of the molecule is CN(C)c1nc(N2CCCC2)ncc1NC(=O)Cc1noc2ccccc12. The Balaban J connectivity index is 1.53. The number of carbonyl (C=O) groups excluding carboxylic acids is 1. The molecule has 1 amide bonds. The van der Waals surface area contributed by atoms with Gasteiger partial charge in [-0.15, -0.1) is 0 Å². The average molecular weight is 366 g/mol. The van der Waals surface area contributed by atoms with Crippen LogP contribution in [0.15, 0.2) is 35.0 Å². The molecule has 1 fully saturated rings. The first-order valence-corrected chi connectivity index (χ1v) is 9.04. The van der Waals surface area contributed by atoms with Gasteiger partial charge in [-0.05, 0) is 25.0 Å². The van der Waals surface area contributed by atoms with Crippen molar-refractivity contribution in [2.75, 3.05) is 42.3 Å². The number of anilines is 3. The molecule has 0 atom stereocenters. The first-order valence-electron chi connectivity index (χ1n) is 9.04. The van der Waals surface area contributed by atoms with E-state index in [1.807, 2.05) is 43.3 Å². The normalized spacial score (nSPS) is 13.9. The van der Waals surface area contributed by atoms with Crippen molar-refractivity contribution in [1.82, 2.24) is 15.1 Å². The molecule has 3 aromatic rings. The standard InChI is InChI=1S/C19H22N6O2/c1-24(2)18-15(12-20-19(22-18)25-9-5-6-10-25)21-17(26)11-14-13-7-3-4-8-16(13)27-23-14/h3-4,7-8,12H,5-6,9-11H2,1-2H3,(H,21,26). The molecule has 0 saturated carbocycles. The number of nitrogens with one attached hydrogen (secondary N) is 1. The van der Waals surface area contributed by atoms with Gasteiger partial charge in [-0.2, -0.15) is 4.98 Å². The number of carbonyl (C=O) groups is 1. The highest BCUT2D eigenvalue weighted by molar-refractivity contribution is 5.96. The molecule has 1 saturated heterocycles. The van der Waals surface area contributed by atoms with E-state index in [0.717, 1.165) is 31.3 Å². The first-order chi connectivity index (χ1) is 13.1. The highest BCUT2D eigenvalue weighted by Gasteiger charge is 2.19. The second-order valence-corrected chi connectivity index (χ2v) is 6.85. The van der Waals surface area contributed by atoms with Gasteiger partial charge in [0, 0.05) is 32.6 Å². The van der Waals surface area contributed by atoms with Gasteiger partial charge < -0.3 is 19.6 Å². The van der Waals surface area contributed by atoms with E-state index in [0.29, 0.717) is 28.7 Å². The molecule has 0 unspecified atom stereocenters. The summed E-state index contributed by atoms with van der Waals surface area (Å²) in [7, 11) is 3.80. The molecule has 3 heterocycles. The van der Waals surface area contributed by atoms with Gasteiger partial charge in [0.1, 0.15) is 11.4 Å². The third-order valence-electron chi connectivity index (χ3n) is 4.62. The molecule has 0 aliphatic carbocycles. The Morgan fingerprint density at radius 1 is 1.26 bits per heavy atom. The molecule has 0 spiro atoms. The van der Waals surface area contributed by atoms with E-state index in [-0.39, 0.29) is 12.3 Å². The van der Waals surface area contributed by atoms with Crippen LogP contribution in [-0.2, 0) is 11.2 Å². The summed E-state index contributed by atoms with van der Waals surface area (Å²) in [5, 5.41) is 7.77. The maximum atomic E-state index is 12.6. The molecular weight excluding hydrogens is 344 g/mol. The quantitative estimate of drug-likeness (QED) is 0.742. The molecule has 1 aromatic carbocycles. The van der Waals surface area contributed by atoms with Gasteiger partial charge in [0.25, 0.3) is 0 Å². The zero-order chi connectivity index (χ0) is 18.8. The molecule has 27 heavy (non-hydrogen) atoms. The van der Waals surface area contributed by atoms with Crippen molar-refractivity contribution < 1.29 is 9.32 Å². The predicted octanol–water partition coefficient (Wildman–Crippen LogP) is 2.47. The summed E-state index contributed by atoms with van der Waals surface area (Å²) in [4.78, 5) is 25.7. The van der Waals surface area contributed by atoms with E-state index < -0.39 is 0 Å². The van der Waals surface area contributed by atoms with Crippen molar-refractivity contribution in [2.24, 2.45) is 0 Å². The molecule has 140 valence electrons. The number of rotatable bonds is 5. The molecule has 2 aromatic heterocycles. The minimum Gasteiger partial charge on any atom is -0.361 e. The third-order valence-corrected chi connectivity index (χ3v) is 4.62. The molecule has 0 bridgehead atoms. The molecule has 1 aliphatic heterocycles. The molecule has 1 aliphatic rings. The van der Waals surface area contributed by atoms with Crippen molar-refractivity contribution in [3.05, 3.63) is 36.2 Å². The van der Waals surface area contributed by atoms with Gasteiger partial charge in [-0.3, -0.25) is 4.79 Å². The molecular formula is C19H22N6O2. The van der Waals surface area contributed by atoms with Gasteiger partial charge in [-0.1, -0.05) is 17.3 Å². The van der Waals surface area contributed by atoms with Crippen molar-refractivity contribution >= 4 is 34.3 Å². The zero-order valence-electron chi connectivity index (χ0n) is 15.5. The monoisotopic (exact) mass is 366 g/mol. The lowest BCUT2D eigenvalue weighted by molar-refractivity contribution is -0.115. The lowest BCUT2D eigenvalue weighted by Gasteiger charge is -2.20. The third kappa shape index (κ3) is 3.55. The molecule has 8 heteroatoms. The predicted molar refractivity (Wildman–Crippen MR) is 104 cm³/mol. The van der Waals surface area contributed by atoms with E-state index >= 15 is 0 Å². The second kappa shape index (κ2) is 7.22. The smallest absolute Gasteiger partial charge is 0.230 e. The number of amides is 1. The summed E-state index contributed by atoms with van der Waals surface area (Å²) < 4.78 is 5.27. The topological polar surface area (TPSA) is 87.4 Å². The summed E-state index contributed by atoms with van der Waals surface area (Å²) in [5.41, 5.74) is 1.87. The molecule has 1 N–H and O–H groups in total. The number of para-hydroxylation sites is 1. The van der Waals surface area contributed by atoms with Crippen molar-refractivity contribution in [2.45, 2.75) is 19.3 Å². The van der Waals surface area contributed by atoms with E-state index in [4.69, 9.17) is 4.52 Å². The summed E-state index contributed by atoms with van der Waals surface area (Å²) in [6.45, 7) is 1.94. The van der Waals surface area contributed by atoms with Gasteiger partial charge in [0.15, 0.2) is 11.4 Å². The van der Waals surface area contributed by atoms with Crippen LogP contribution in [0.5, 0.6) is 0 Å². The summed E-state index contributed by atoms with van der Waals surface area (Å²) >= 11 is 0. The first kappa shape index (κ1) is 17.3. The summed E-state index contributed by atoms with van der Waals surface area (Å²) in [6, 6.07) is 7.50.